The molecule has 1 amide bonds. The van der Waals surface area contributed by atoms with E-state index >= 15 is 0 Å². The Morgan fingerprint density at radius 1 is 1.16 bits per heavy atom. The number of thiazole rings is 1. The molecule has 0 spiro atoms. The molecule has 8 nitrogen and oxygen atoms in total. The number of hydrogen-bond acceptors (Lipinski definition) is 6. The highest BCUT2D eigenvalue weighted by molar-refractivity contribution is 7.11. The molecule has 4 aromatic rings. The lowest BCUT2D eigenvalue weighted by molar-refractivity contribution is -0.118. The van der Waals surface area contributed by atoms with Crippen molar-refractivity contribution < 1.29 is 9.59 Å². The topological polar surface area (TPSA) is 116 Å². The molecule has 0 fully saturated rings. The highest BCUT2D eigenvalue weighted by atomic mass is 32.1. The van der Waals surface area contributed by atoms with Crippen molar-refractivity contribution in [1.29, 1.82) is 0 Å². The van der Waals surface area contributed by atoms with E-state index in [1.165, 1.54) is 11.3 Å². The molecule has 0 aliphatic rings. The minimum Gasteiger partial charge on any atom is -0.341 e. The quantitative estimate of drug-likeness (QED) is 0.284. The fraction of sp³-hybridized carbons (Fsp3) is 0.348. The van der Waals surface area contributed by atoms with Crippen LogP contribution in [0, 0.1) is 0 Å². The lowest BCUT2D eigenvalue weighted by Gasteiger charge is -2.16. The molecule has 3 heterocycles. The standard InChI is InChI=1S/C23H26N6O2S/c1-2-17(30)6-4-3-5-7-19(28-23(31)21-13-24-14-32-21)22-25-12-20(27-22)15-8-9-18-16(10-15)11-26-29-18/h8-14,19H,2-7H2,1H3,(H,25,27)(H,26,29)(H,28,31)/t19-/m0/s1. The van der Waals surface area contributed by atoms with Crippen LogP contribution in [0.5, 0.6) is 0 Å². The van der Waals surface area contributed by atoms with Crippen molar-refractivity contribution in [1.82, 2.24) is 30.5 Å². The molecule has 4 rings (SSSR count). The summed E-state index contributed by atoms with van der Waals surface area (Å²) in [5, 5.41) is 11.1. The number of hydrogen-bond donors (Lipinski definition) is 3. The molecular formula is C23H26N6O2S. The van der Waals surface area contributed by atoms with E-state index in [-0.39, 0.29) is 11.9 Å². The van der Waals surface area contributed by atoms with Crippen LogP contribution in [-0.2, 0) is 4.79 Å². The van der Waals surface area contributed by atoms with Gasteiger partial charge >= 0.3 is 0 Å². The second-order valence-electron chi connectivity index (χ2n) is 7.74. The highest BCUT2D eigenvalue weighted by Crippen LogP contribution is 2.25. The van der Waals surface area contributed by atoms with Crippen molar-refractivity contribution >= 4 is 33.9 Å². The number of ketones is 1. The predicted molar refractivity (Wildman–Crippen MR) is 124 cm³/mol. The Morgan fingerprint density at radius 3 is 2.88 bits per heavy atom. The normalized spacial score (nSPS) is 12.2. The van der Waals surface area contributed by atoms with Crippen molar-refractivity contribution in [3.63, 3.8) is 0 Å². The average Bonchev–Trinajstić information content (AvgIpc) is 3.58. The Hall–Kier alpha value is -3.33. The van der Waals surface area contributed by atoms with Crippen LogP contribution in [0.4, 0.5) is 0 Å². The summed E-state index contributed by atoms with van der Waals surface area (Å²) >= 11 is 1.31. The van der Waals surface area contributed by atoms with Crippen LogP contribution in [0.2, 0.25) is 0 Å². The van der Waals surface area contributed by atoms with Gasteiger partial charge in [0.25, 0.3) is 5.91 Å². The number of aromatic amines is 2. The Labute approximate surface area is 189 Å². The summed E-state index contributed by atoms with van der Waals surface area (Å²) in [6, 6.07) is 5.79. The van der Waals surface area contributed by atoms with Gasteiger partial charge in [-0.3, -0.25) is 19.7 Å². The van der Waals surface area contributed by atoms with Gasteiger partial charge in [0.05, 0.1) is 41.4 Å². The number of amides is 1. The number of aromatic nitrogens is 5. The lowest BCUT2D eigenvalue weighted by atomic mass is 10.0. The molecular weight excluding hydrogens is 424 g/mol. The minimum atomic E-state index is -0.252. The van der Waals surface area contributed by atoms with Gasteiger partial charge in [-0.2, -0.15) is 5.10 Å². The van der Waals surface area contributed by atoms with Gasteiger partial charge in [-0.25, -0.2) is 4.98 Å². The van der Waals surface area contributed by atoms with Gasteiger partial charge in [0.2, 0.25) is 0 Å². The molecule has 3 N–H and O–H groups in total. The maximum Gasteiger partial charge on any atom is 0.263 e. The maximum absolute atomic E-state index is 12.7. The summed E-state index contributed by atoms with van der Waals surface area (Å²) in [5.74, 6) is 0.858. The van der Waals surface area contributed by atoms with Crippen LogP contribution in [0.3, 0.4) is 0 Å². The molecule has 0 saturated carbocycles. The van der Waals surface area contributed by atoms with E-state index in [2.05, 4.69) is 30.5 Å². The molecule has 1 atom stereocenters. The second-order valence-corrected chi connectivity index (χ2v) is 8.62. The first kappa shape index (κ1) is 21.9. The van der Waals surface area contributed by atoms with Crippen molar-refractivity contribution in [2.45, 2.75) is 51.5 Å². The van der Waals surface area contributed by atoms with Crippen LogP contribution in [0.15, 0.2) is 42.3 Å². The number of nitrogens with zero attached hydrogens (tertiary/aromatic N) is 3. The number of rotatable bonds is 11. The zero-order chi connectivity index (χ0) is 22.3. The van der Waals surface area contributed by atoms with E-state index < -0.39 is 0 Å². The third-order valence-electron chi connectivity index (χ3n) is 5.48. The fourth-order valence-electron chi connectivity index (χ4n) is 3.63. The Morgan fingerprint density at radius 2 is 2.06 bits per heavy atom. The monoisotopic (exact) mass is 450 g/mol. The molecule has 0 aliphatic carbocycles. The number of fused-ring (bicyclic) bond motifs is 1. The molecule has 9 heteroatoms. The average molecular weight is 451 g/mol. The van der Waals surface area contributed by atoms with Crippen LogP contribution in [0.1, 0.15) is 67.0 Å². The van der Waals surface area contributed by atoms with Crippen LogP contribution in [0.25, 0.3) is 22.2 Å². The minimum absolute atomic E-state index is 0.156. The van der Waals surface area contributed by atoms with Crippen molar-refractivity contribution in [3.8, 4) is 11.3 Å². The number of benzene rings is 1. The van der Waals surface area contributed by atoms with Crippen molar-refractivity contribution in [2.24, 2.45) is 0 Å². The van der Waals surface area contributed by atoms with Crippen molar-refractivity contribution in [2.75, 3.05) is 0 Å². The van der Waals surface area contributed by atoms with Crippen molar-refractivity contribution in [3.05, 3.63) is 53.0 Å². The summed E-state index contributed by atoms with van der Waals surface area (Å²) < 4.78 is 0. The smallest absolute Gasteiger partial charge is 0.263 e. The van der Waals surface area contributed by atoms with Gasteiger partial charge in [-0.05, 0) is 25.0 Å². The summed E-state index contributed by atoms with van der Waals surface area (Å²) in [6.07, 6.45) is 9.80. The number of carbonyl (C=O) groups excluding carboxylic acids is 2. The maximum atomic E-state index is 12.7. The van der Waals surface area contributed by atoms with Gasteiger partial charge in [0.15, 0.2) is 0 Å². The molecule has 32 heavy (non-hydrogen) atoms. The van der Waals surface area contributed by atoms with Gasteiger partial charge in [0.1, 0.15) is 16.5 Å². The first-order valence-electron chi connectivity index (χ1n) is 10.8. The van der Waals surface area contributed by atoms with E-state index in [4.69, 9.17) is 0 Å². The number of Topliss-reactive ketones (excluding diaryl/α,β-unsaturated/α-hetero) is 1. The van der Waals surface area contributed by atoms with Crippen LogP contribution in [-0.4, -0.2) is 36.8 Å². The molecule has 0 aliphatic heterocycles. The van der Waals surface area contributed by atoms with Crippen LogP contribution >= 0.6 is 11.3 Å². The fourth-order valence-corrected chi connectivity index (χ4v) is 4.15. The molecule has 166 valence electrons. The molecule has 1 aromatic carbocycles. The lowest BCUT2D eigenvalue weighted by Crippen LogP contribution is -2.28. The number of imidazole rings is 1. The Balaban J connectivity index is 1.47. The molecule has 0 bridgehead atoms. The van der Waals surface area contributed by atoms with E-state index in [1.807, 2.05) is 25.1 Å². The predicted octanol–water partition coefficient (Wildman–Crippen LogP) is 4.81. The van der Waals surface area contributed by atoms with Gasteiger partial charge in [0, 0.05) is 23.8 Å². The highest BCUT2D eigenvalue weighted by Gasteiger charge is 2.20. The second kappa shape index (κ2) is 10.3. The zero-order valence-electron chi connectivity index (χ0n) is 17.9. The molecule has 0 saturated heterocycles. The molecule has 0 radical (unpaired) electrons. The molecule has 0 unspecified atom stereocenters. The third kappa shape index (κ3) is 5.28. The van der Waals surface area contributed by atoms with E-state index in [1.54, 1.807) is 24.1 Å². The molecule has 3 aromatic heterocycles. The summed E-state index contributed by atoms with van der Waals surface area (Å²) in [4.78, 5) is 36.7. The van der Waals surface area contributed by atoms with Gasteiger partial charge < -0.3 is 10.3 Å². The Bertz CT molecular complexity index is 1180. The number of carbonyl (C=O) groups is 2. The largest absolute Gasteiger partial charge is 0.341 e. The third-order valence-corrected chi connectivity index (χ3v) is 6.25. The number of H-pyrrole nitrogens is 2. The summed E-state index contributed by atoms with van der Waals surface area (Å²) in [5.41, 5.74) is 4.51. The van der Waals surface area contributed by atoms with E-state index in [0.717, 1.165) is 53.7 Å². The van der Waals surface area contributed by atoms with Crippen LogP contribution < -0.4 is 5.32 Å². The summed E-state index contributed by atoms with van der Waals surface area (Å²) in [7, 11) is 0. The first-order chi connectivity index (χ1) is 15.6. The Kier molecular flexibility index (Phi) is 7.06. The van der Waals surface area contributed by atoms with Gasteiger partial charge in [-0.1, -0.05) is 25.8 Å². The number of nitrogens with one attached hydrogen (secondary N) is 3. The number of unbranched alkanes of at least 4 members (excludes halogenated alkanes) is 2. The summed E-state index contributed by atoms with van der Waals surface area (Å²) in [6.45, 7) is 1.89. The van der Waals surface area contributed by atoms with E-state index in [9.17, 15) is 9.59 Å². The van der Waals surface area contributed by atoms with Gasteiger partial charge in [-0.15, -0.1) is 11.3 Å². The first-order valence-corrected chi connectivity index (χ1v) is 11.7. The van der Waals surface area contributed by atoms with E-state index in [0.29, 0.717) is 23.5 Å². The SMILES string of the molecule is CCC(=O)CCCCC[C@H](NC(=O)c1cncs1)c1ncc(-c2ccc3[nH]ncc3c2)[nH]1. The zero-order valence-corrected chi connectivity index (χ0v) is 18.7.